The molecule has 5 heteroatoms. The third-order valence-electron chi connectivity index (χ3n) is 5.99. The Kier molecular flexibility index (Phi) is 13.7. The van der Waals surface area contributed by atoms with E-state index in [1.165, 1.54) is 82.6 Å². The predicted octanol–water partition coefficient (Wildman–Crippen LogP) is 9.35. The summed E-state index contributed by atoms with van der Waals surface area (Å²) >= 11 is 7.67. The van der Waals surface area contributed by atoms with E-state index in [9.17, 15) is 0 Å². The number of pyridine rings is 1. The van der Waals surface area contributed by atoms with Gasteiger partial charge in [0.05, 0.1) is 22.7 Å². The molecule has 0 saturated heterocycles. The van der Waals surface area contributed by atoms with Crippen LogP contribution < -0.4 is 5.32 Å². The molecule has 0 spiro atoms. The molecule has 0 bridgehead atoms. The third-order valence-corrected chi connectivity index (χ3v) is 7.43. The monoisotopic (exact) mass is 474 g/mol. The highest BCUT2D eigenvalue weighted by atomic mass is 32.2. The average molecular weight is 475 g/mol. The van der Waals surface area contributed by atoms with E-state index in [0.717, 1.165) is 27.2 Å². The number of aromatic nitrogens is 1. The fourth-order valence-electron chi connectivity index (χ4n) is 3.95. The molecule has 2 aromatic heterocycles. The molecular formula is C27H42N2OS2. The second-order valence-electron chi connectivity index (χ2n) is 8.77. The highest BCUT2D eigenvalue weighted by molar-refractivity contribution is 7.98. The molecule has 2 heterocycles. The van der Waals surface area contributed by atoms with Crippen molar-refractivity contribution < 1.29 is 4.42 Å². The van der Waals surface area contributed by atoms with Crippen LogP contribution in [-0.4, -0.2) is 9.97 Å². The molecule has 178 valence electrons. The maximum atomic E-state index is 5.97. The summed E-state index contributed by atoms with van der Waals surface area (Å²) in [4.78, 5) is 5.63. The fourth-order valence-corrected chi connectivity index (χ4v) is 5.22. The molecule has 1 atom stereocenters. The maximum Gasteiger partial charge on any atom is 0.120 e. The number of furan rings is 1. The van der Waals surface area contributed by atoms with E-state index >= 15 is 0 Å². The zero-order valence-electron chi connectivity index (χ0n) is 20.3. The lowest BCUT2D eigenvalue weighted by Crippen LogP contribution is -2.22. The summed E-state index contributed by atoms with van der Waals surface area (Å²) < 4.78 is 5.49. The average Bonchev–Trinajstić information content (AvgIpc) is 3.31. The third kappa shape index (κ3) is 10.1. The van der Waals surface area contributed by atoms with Crippen molar-refractivity contribution in [1.82, 2.24) is 4.98 Å². The van der Waals surface area contributed by atoms with Crippen molar-refractivity contribution in [2.45, 2.75) is 109 Å². The van der Waals surface area contributed by atoms with Gasteiger partial charge in [-0.05, 0) is 43.5 Å². The van der Waals surface area contributed by atoms with Gasteiger partial charge in [0.1, 0.15) is 10.8 Å². The first-order chi connectivity index (χ1) is 15.7. The van der Waals surface area contributed by atoms with Gasteiger partial charge < -0.3 is 9.73 Å². The lowest BCUT2D eigenvalue weighted by molar-refractivity contribution is 0.491. The van der Waals surface area contributed by atoms with Crippen molar-refractivity contribution >= 4 is 34.7 Å². The summed E-state index contributed by atoms with van der Waals surface area (Å²) in [7, 11) is 0. The van der Waals surface area contributed by atoms with Crippen LogP contribution in [0.4, 0.5) is 5.69 Å². The van der Waals surface area contributed by atoms with Crippen LogP contribution in [0.25, 0.3) is 0 Å². The zero-order valence-corrected chi connectivity index (χ0v) is 22.0. The summed E-state index contributed by atoms with van der Waals surface area (Å²) in [6.45, 7) is 6.68. The Labute approximate surface area is 205 Å². The Balaban J connectivity index is 1.97. The van der Waals surface area contributed by atoms with Gasteiger partial charge in [-0.1, -0.05) is 102 Å². The second kappa shape index (κ2) is 16.3. The van der Waals surface area contributed by atoms with Crippen LogP contribution in [0.15, 0.2) is 40.1 Å². The number of rotatable bonds is 17. The number of hydrogen-bond acceptors (Lipinski definition) is 4. The van der Waals surface area contributed by atoms with Crippen molar-refractivity contribution in [3.8, 4) is 0 Å². The molecule has 0 aliphatic carbocycles. The van der Waals surface area contributed by atoms with Crippen LogP contribution >= 0.6 is 24.0 Å². The molecule has 1 unspecified atom stereocenters. The molecular weight excluding hydrogens is 432 g/mol. The summed E-state index contributed by atoms with van der Waals surface area (Å²) in [6.07, 6.45) is 19.1. The van der Waals surface area contributed by atoms with Gasteiger partial charge in [-0.3, -0.25) is 0 Å². The second-order valence-corrected chi connectivity index (χ2v) is 10.2. The first-order valence-electron chi connectivity index (χ1n) is 12.6. The van der Waals surface area contributed by atoms with Gasteiger partial charge in [0, 0.05) is 12.1 Å². The van der Waals surface area contributed by atoms with Gasteiger partial charge in [-0.2, -0.15) is 0 Å². The van der Waals surface area contributed by atoms with Crippen molar-refractivity contribution in [2.24, 2.45) is 5.92 Å². The van der Waals surface area contributed by atoms with Gasteiger partial charge in [0.15, 0.2) is 0 Å². The van der Waals surface area contributed by atoms with Crippen molar-refractivity contribution in [1.29, 1.82) is 0 Å². The van der Waals surface area contributed by atoms with E-state index in [4.69, 9.17) is 16.6 Å². The van der Waals surface area contributed by atoms with E-state index in [0.29, 0.717) is 5.92 Å². The Morgan fingerprint density at radius 1 is 1.00 bits per heavy atom. The number of hydrogen-bond donors (Lipinski definition) is 1. The molecule has 0 amide bonds. The van der Waals surface area contributed by atoms with Crippen molar-refractivity contribution in [3.63, 3.8) is 0 Å². The lowest BCUT2D eigenvalue weighted by atomic mass is 9.94. The number of thioether (sulfide) groups is 1. The standard InChI is InChI=1S/C27H42N2OS2/c1-4-6-8-10-11-13-16-23(15-12-9-7-5-2)26(31)29-25-22(3)18-19-28-27(25)32-21-24-17-14-20-30-24/h14,17-20,23H,4-13,15-16,21H2,1-3H3,(H,29,31). The van der Waals surface area contributed by atoms with E-state index in [1.807, 2.05) is 18.3 Å². The van der Waals surface area contributed by atoms with Crippen LogP contribution in [-0.2, 0) is 5.75 Å². The predicted molar refractivity (Wildman–Crippen MR) is 144 cm³/mol. The minimum absolute atomic E-state index is 0.454. The largest absolute Gasteiger partial charge is 0.468 e. The molecule has 3 nitrogen and oxygen atoms in total. The van der Waals surface area contributed by atoms with Crippen LogP contribution in [0.3, 0.4) is 0 Å². The van der Waals surface area contributed by atoms with E-state index in [2.05, 4.69) is 37.1 Å². The number of unbranched alkanes of at least 4 members (excludes halogenated alkanes) is 8. The van der Waals surface area contributed by atoms with Crippen LogP contribution in [0.2, 0.25) is 0 Å². The molecule has 32 heavy (non-hydrogen) atoms. The highest BCUT2D eigenvalue weighted by Gasteiger charge is 2.17. The molecule has 0 aliphatic heterocycles. The lowest BCUT2D eigenvalue weighted by Gasteiger charge is -2.21. The van der Waals surface area contributed by atoms with Crippen LogP contribution in [0.1, 0.15) is 102 Å². The SMILES string of the molecule is CCCCCCCCC(CCCCCC)C(=S)Nc1c(C)ccnc1SCc1ccco1. The molecule has 2 rings (SSSR count). The van der Waals surface area contributed by atoms with Crippen LogP contribution in [0, 0.1) is 12.8 Å². The molecule has 1 N–H and O–H groups in total. The molecule has 0 saturated carbocycles. The molecule has 0 fully saturated rings. The molecule has 0 aromatic carbocycles. The number of thiocarbonyl (C=S) groups is 1. The van der Waals surface area contributed by atoms with Crippen LogP contribution in [0.5, 0.6) is 0 Å². The summed E-state index contributed by atoms with van der Waals surface area (Å²) in [5, 5.41) is 4.62. The quantitative estimate of drug-likeness (QED) is 0.140. The maximum absolute atomic E-state index is 5.97. The van der Waals surface area contributed by atoms with Crippen molar-refractivity contribution in [2.75, 3.05) is 5.32 Å². The Morgan fingerprint density at radius 2 is 1.66 bits per heavy atom. The number of nitrogens with one attached hydrogen (secondary N) is 1. The highest BCUT2D eigenvalue weighted by Crippen LogP contribution is 2.32. The molecule has 2 aromatic rings. The minimum Gasteiger partial charge on any atom is -0.468 e. The van der Waals surface area contributed by atoms with E-state index in [1.54, 1.807) is 18.0 Å². The molecule has 0 aliphatic rings. The van der Waals surface area contributed by atoms with Gasteiger partial charge in [-0.15, -0.1) is 0 Å². The molecule has 0 radical (unpaired) electrons. The normalized spacial score (nSPS) is 12.1. The Hall–Kier alpha value is -1.33. The summed E-state index contributed by atoms with van der Waals surface area (Å²) in [6, 6.07) is 6.00. The Morgan fingerprint density at radius 3 is 2.31 bits per heavy atom. The number of aryl methyl sites for hydroxylation is 1. The van der Waals surface area contributed by atoms with E-state index < -0.39 is 0 Å². The number of nitrogens with zero attached hydrogens (tertiary/aromatic N) is 1. The van der Waals surface area contributed by atoms with Gasteiger partial charge in [0.25, 0.3) is 0 Å². The smallest absolute Gasteiger partial charge is 0.120 e. The summed E-state index contributed by atoms with van der Waals surface area (Å²) in [5.41, 5.74) is 2.25. The van der Waals surface area contributed by atoms with Gasteiger partial charge >= 0.3 is 0 Å². The van der Waals surface area contributed by atoms with Crippen molar-refractivity contribution in [3.05, 3.63) is 42.0 Å². The first kappa shape index (κ1) is 26.9. The summed E-state index contributed by atoms with van der Waals surface area (Å²) in [5.74, 6) is 2.18. The minimum atomic E-state index is 0.454. The number of anilines is 1. The van der Waals surface area contributed by atoms with E-state index in [-0.39, 0.29) is 0 Å². The zero-order chi connectivity index (χ0) is 23.0. The topological polar surface area (TPSA) is 38.1 Å². The fraction of sp³-hybridized carbons (Fsp3) is 0.630. The Bertz CT molecular complexity index is 761. The van der Waals surface area contributed by atoms with Gasteiger partial charge in [-0.25, -0.2) is 4.98 Å². The first-order valence-corrected chi connectivity index (χ1v) is 14.0. The van der Waals surface area contributed by atoms with Gasteiger partial charge in [0.2, 0.25) is 0 Å².